The van der Waals surface area contributed by atoms with Gasteiger partial charge in [0.1, 0.15) is 0 Å². The van der Waals surface area contributed by atoms with E-state index in [0.29, 0.717) is 6.08 Å². The zero-order chi connectivity index (χ0) is 29.3. The first kappa shape index (κ1) is 29.7. The lowest BCUT2D eigenvalue weighted by Gasteiger charge is -2.26. The highest BCUT2D eigenvalue weighted by Gasteiger charge is 2.38. The number of rotatable bonds is 11. The van der Waals surface area contributed by atoms with Crippen LogP contribution in [-0.2, 0) is 28.7 Å². The lowest BCUT2D eigenvalue weighted by Crippen LogP contribution is -2.46. The van der Waals surface area contributed by atoms with E-state index in [1.165, 1.54) is 12.1 Å². The van der Waals surface area contributed by atoms with Gasteiger partial charge < -0.3 is 50.3 Å². The van der Waals surface area contributed by atoms with Gasteiger partial charge in [-0.15, -0.1) is 0 Å². The standard InChI is InChI=1S/C25H22O14/c26-14-5-1-12(9-16(14)28)3-7-20(31)38-19(11-18(30)24(34)35)23(22(33)25(36)37)39-21(32)8-4-13-2-6-15(27)17(29)10-13/h1-11,19,22-23,26-30,33H,(H,34,35)(H,36,37)/t19-,22-,23+/m0/s1. The van der Waals surface area contributed by atoms with Crippen LogP contribution >= 0.6 is 0 Å². The molecule has 206 valence electrons. The van der Waals surface area contributed by atoms with Crippen molar-refractivity contribution in [2.75, 3.05) is 0 Å². The van der Waals surface area contributed by atoms with Gasteiger partial charge in [0.15, 0.2) is 41.3 Å². The molecule has 14 nitrogen and oxygen atoms in total. The maximum absolute atomic E-state index is 12.4. The molecule has 2 aromatic carbocycles. The number of hydrogen-bond donors (Lipinski definition) is 8. The molecule has 0 aliphatic heterocycles. The smallest absolute Gasteiger partial charge is 0.370 e. The molecular weight excluding hydrogens is 524 g/mol. The molecule has 0 spiro atoms. The zero-order valence-electron chi connectivity index (χ0n) is 19.6. The van der Waals surface area contributed by atoms with Crippen LogP contribution in [0.1, 0.15) is 11.1 Å². The third-order valence-corrected chi connectivity index (χ3v) is 4.76. The van der Waals surface area contributed by atoms with Crippen molar-refractivity contribution in [3.63, 3.8) is 0 Å². The highest BCUT2D eigenvalue weighted by Crippen LogP contribution is 2.26. The Morgan fingerprint density at radius 1 is 0.692 bits per heavy atom. The van der Waals surface area contributed by atoms with Crippen LogP contribution < -0.4 is 0 Å². The zero-order valence-corrected chi connectivity index (χ0v) is 19.6. The molecular formula is C25H22O14. The number of esters is 2. The fraction of sp³-hybridized carbons (Fsp3) is 0.120. The second kappa shape index (κ2) is 13.2. The quantitative estimate of drug-likeness (QED) is 0.0849. The Morgan fingerprint density at radius 2 is 1.15 bits per heavy atom. The third-order valence-electron chi connectivity index (χ3n) is 4.76. The van der Waals surface area contributed by atoms with Crippen molar-refractivity contribution in [2.24, 2.45) is 0 Å². The number of aromatic hydroxyl groups is 4. The number of benzene rings is 2. The van der Waals surface area contributed by atoms with Crippen LogP contribution in [0.4, 0.5) is 0 Å². The summed E-state index contributed by atoms with van der Waals surface area (Å²) in [5.74, 6) is -9.81. The van der Waals surface area contributed by atoms with E-state index in [-0.39, 0.29) is 11.1 Å². The van der Waals surface area contributed by atoms with E-state index in [1.807, 2.05) is 0 Å². The number of carbonyl (C=O) groups excluding carboxylic acids is 2. The van der Waals surface area contributed by atoms with Gasteiger partial charge in [0.2, 0.25) is 5.76 Å². The topological polar surface area (TPSA) is 249 Å². The number of phenolic OH excluding ortho intramolecular Hbond substituents is 4. The molecule has 2 rings (SSSR count). The molecule has 8 N–H and O–H groups in total. The maximum atomic E-state index is 12.4. The Balaban J connectivity index is 2.34. The molecule has 14 heteroatoms. The largest absolute Gasteiger partial charge is 0.504 e. The molecule has 0 aliphatic carbocycles. The number of carbonyl (C=O) groups is 4. The summed E-state index contributed by atoms with van der Waals surface area (Å²) in [5.41, 5.74) is 0.385. The molecule has 0 radical (unpaired) electrons. The number of carboxylic acids is 2. The normalized spacial score (nSPS) is 14.0. The van der Waals surface area contributed by atoms with E-state index in [0.717, 1.165) is 48.6 Å². The first-order valence-electron chi connectivity index (χ1n) is 10.6. The summed E-state index contributed by atoms with van der Waals surface area (Å²) < 4.78 is 9.86. The van der Waals surface area contributed by atoms with Gasteiger partial charge in [-0.05, 0) is 47.5 Å². The monoisotopic (exact) mass is 546 g/mol. The van der Waals surface area contributed by atoms with Crippen molar-refractivity contribution >= 4 is 36.0 Å². The number of hydrogen-bond acceptors (Lipinski definition) is 12. The molecule has 0 bridgehead atoms. The second-order valence-corrected chi connectivity index (χ2v) is 7.61. The van der Waals surface area contributed by atoms with E-state index in [4.69, 9.17) is 14.6 Å². The van der Waals surface area contributed by atoms with Gasteiger partial charge in [0.25, 0.3) is 0 Å². The summed E-state index contributed by atoms with van der Waals surface area (Å²) in [7, 11) is 0. The predicted molar refractivity (Wildman–Crippen MR) is 129 cm³/mol. The number of phenols is 4. The van der Waals surface area contributed by atoms with Gasteiger partial charge >= 0.3 is 23.9 Å². The average Bonchev–Trinajstić information content (AvgIpc) is 2.87. The van der Waals surface area contributed by atoms with Crippen LogP contribution in [0.5, 0.6) is 23.0 Å². The molecule has 0 heterocycles. The Bertz CT molecular complexity index is 1340. The Labute approximate surface area is 218 Å². The van der Waals surface area contributed by atoms with Crippen LogP contribution in [0, 0.1) is 0 Å². The summed E-state index contributed by atoms with van der Waals surface area (Å²) in [4.78, 5) is 47.3. The maximum Gasteiger partial charge on any atom is 0.370 e. The van der Waals surface area contributed by atoms with Crippen LogP contribution in [0.2, 0.25) is 0 Å². The van der Waals surface area contributed by atoms with Crippen molar-refractivity contribution in [1.82, 2.24) is 0 Å². The van der Waals surface area contributed by atoms with Crippen molar-refractivity contribution in [1.29, 1.82) is 0 Å². The van der Waals surface area contributed by atoms with Crippen molar-refractivity contribution in [3.8, 4) is 23.0 Å². The summed E-state index contributed by atoms with van der Waals surface area (Å²) in [6.07, 6.45) is -3.04. The van der Waals surface area contributed by atoms with Gasteiger partial charge in [-0.1, -0.05) is 12.1 Å². The summed E-state index contributed by atoms with van der Waals surface area (Å²) in [5, 5.41) is 75.7. The molecule has 39 heavy (non-hydrogen) atoms. The number of aliphatic hydroxyl groups excluding tert-OH is 2. The van der Waals surface area contributed by atoms with E-state index >= 15 is 0 Å². The highest BCUT2D eigenvalue weighted by atomic mass is 16.6. The van der Waals surface area contributed by atoms with Gasteiger partial charge in [-0.2, -0.15) is 0 Å². The van der Waals surface area contributed by atoms with Crippen molar-refractivity contribution < 1.29 is 69.5 Å². The summed E-state index contributed by atoms with van der Waals surface area (Å²) in [6.45, 7) is 0. The molecule has 0 saturated heterocycles. The number of aliphatic carboxylic acids is 2. The van der Waals surface area contributed by atoms with Crippen LogP contribution in [0.25, 0.3) is 12.2 Å². The SMILES string of the molecule is O=C(C=Cc1ccc(O)c(O)c1)O[C@H]([C@H](C=C(O)C(=O)O)OC(=O)C=Cc1ccc(O)c(O)c1)[C@H](O)C(=O)O. The molecule has 0 unspecified atom stereocenters. The lowest BCUT2D eigenvalue weighted by atomic mass is 10.1. The molecule has 3 atom stereocenters. The first-order chi connectivity index (χ1) is 18.3. The minimum atomic E-state index is -2.58. The Kier molecular flexibility index (Phi) is 10.0. The van der Waals surface area contributed by atoms with Gasteiger partial charge in [-0.3, -0.25) is 0 Å². The van der Waals surface area contributed by atoms with Gasteiger partial charge in [-0.25, -0.2) is 19.2 Å². The number of aliphatic hydroxyl groups is 2. The highest BCUT2D eigenvalue weighted by molar-refractivity contribution is 5.89. The summed E-state index contributed by atoms with van der Waals surface area (Å²) >= 11 is 0. The Morgan fingerprint density at radius 3 is 1.56 bits per heavy atom. The second-order valence-electron chi connectivity index (χ2n) is 7.61. The van der Waals surface area contributed by atoms with Gasteiger partial charge in [0.05, 0.1) is 0 Å². The average molecular weight is 546 g/mol. The lowest BCUT2D eigenvalue weighted by molar-refractivity contribution is -0.176. The van der Waals surface area contributed by atoms with Crippen LogP contribution in [0.3, 0.4) is 0 Å². The van der Waals surface area contributed by atoms with E-state index < -0.39 is 70.9 Å². The van der Waals surface area contributed by atoms with Crippen molar-refractivity contribution in [2.45, 2.75) is 18.3 Å². The fourth-order valence-corrected chi connectivity index (χ4v) is 2.84. The number of ether oxygens (including phenoxy) is 2. The van der Waals surface area contributed by atoms with Crippen LogP contribution in [-0.4, -0.2) is 83.0 Å². The molecule has 2 aromatic rings. The van der Waals surface area contributed by atoms with E-state index in [9.17, 15) is 54.9 Å². The third kappa shape index (κ3) is 8.83. The minimum absolute atomic E-state index is 0.189. The summed E-state index contributed by atoms with van der Waals surface area (Å²) in [6, 6.07) is 6.96. The van der Waals surface area contributed by atoms with E-state index in [1.54, 1.807) is 0 Å². The molecule has 0 aromatic heterocycles. The molecule has 0 aliphatic rings. The van der Waals surface area contributed by atoms with Crippen LogP contribution in [0.15, 0.2) is 60.4 Å². The predicted octanol–water partition coefficient (Wildman–Crippen LogP) is 1.03. The van der Waals surface area contributed by atoms with Crippen molar-refractivity contribution in [3.05, 3.63) is 71.5 Å². The van der Waals surface area contributed by atoms with Gasteiger partial charge in [0, 0.05) is 18.2 Å². The molecule has 0 amide bonds. The van der Waals surface area contributed by atoms with E-state index in [2.05, 4.69) is 0 Å². The molecule has 0 saturated carbocycles. The Hall–Kier alpha value is -5.50. The number of carboxylic acid groups (broad SMARTS) is 2. The first-order valence-corrected chi connectivity index (χ1v) is 10.6. The fourth-order valence-electron chi connectivity index (χ4n) is 2.84. The molecule has 0 fully saturated rings. The minimum Gasteiger partial charge on any atom is -0.504 e.